The van der Waals surface area contributed by atoms with Crippen LogP contribution in [0.5, 0.6) is 0 Å². The van der Waals surface area contributed by atoms with Gasteiger partial charge in [-0.05, 0) is 17.2 Å². The third-order valence-electron chi connectivity index (χ3n) is 2.85. The molecule has 23 heavy (non-hydrogen) atoms. The molecule has 1 amide bonds. The molecule has 1 aromatic carbocycles. The molecule has 126 valence electrons. The minimum absolute atomic E-state index is 0.409. The van der Waals surface area contributed by atoms with Gasteiger partial charge in [-0.3, -0.25) is 4.79 Å². The molecule has 0 unspecified atom stereocenters. The van der Waals surface area contributed by atoms with Crippen molar-refractivity contribution in [1.29, 1.82) is 0 Å². The summed E-state index contributed by atoms with van der Waals surface area (Å²) in [4.78, 5) is 13.0. The highest BCUT2D eigenvalue weighted by Gasteiger charge is 2.10. The zero-order valence-corrected chi connectivity index (χ0v) is 14.1. The van der Waals surface area contributed by atoms with Crippen LogP contribution in [0.3, 0.4) is 0 Å². The Morgan fingerprint density at radius 2 is 1.74 bits per heavy atom. The van der Waals surface area contributed by atoms with Crippen molar-refractivity contribution in [2.24, 2.45) is 0 Å². The predicted octanol–water partition coefficient (Wildman–Crippen LogP) is 2.88. The minimum Gasteiger partial charge on any atom is -0.444 e. The monoisotopic (exact) mass is 339 g/mol. The number of carbonyl (C=O) groups excluding carboxylic acids is 1. The van der Waals surface area contributed by atoms with Crippen LogP contribution < -0.4 is 0 Å². The Bertz CT molecular complexity index is 498. The summed E-state index contributed by atoms with van der Waals surface area (Å²) >= 11 is 5.60. The summed E-state index contributed by atoms with van der Waals surface area (Å²) in [6, 6.07) is 9.68. The molecule has 1 rings (SSSR count). The fourth-order valence-electron chi connectivity index (χ4n) is 1.75. The topological polar surface area (TPSA) is 48.0 Å². The van der Waals surface area contributed by atoms with Gasteiger partial charge in [0.1, 0.15) is 12.7 Å². The van der Waals surface area contributed by atoms with E-state index in [9.17, 15) is 4.79 Å². The molecular formula is C17H22ClNO4. The highest BCUT2D eigenvalue weighted by Crippen LogP contribution is 2.06. The number of benzene rings is 1. The summed E-state index contributed by atoms with van der Waals surface area (Å²) in [6.45, 7) is 4.86. The molecule has 0 aliphatic carbocycles. The maximum Gasteiger partial charge on any atom is 0.316 e. The van der Waals surface area contributed by atoms with E-state index in [-0.39, 0.29) is 0 Å². The summed E-state index contributed by atoms with van der Waals surface area (Å²) in [6.07, 6.45) is 2.49. The van der Waals surface area contributed by atoms with Crippen LogP contribution in [0.2, 0.25) is 0 Å². The van der Waals surface area contributed by atoms with Crippen molar-refractivity contribution in [3.05, 3.63) is 35.9 Å². The van der Waals surface area contributed by atoms with Gasteiger partial charge >= 0.3 is 5.37 Å². The van der Waals surface area contributed by atoms with Gasteiger partial charge in [-0.15, -0.1) is 0 Å². The second-order valence-electron chi connectivity index (χ2n) is 4.59. The predicted molar refractivity (Wildman–Crippen MR) is 89.1 cm³/mol. The van der Waals surface area contributed by atoms with E-state index < -0.39 is 5.37 Å². The van der Waals surface area contributed by atoms with E-state index in [2.05, 4.69) is 12.0 Å². The van der Waals surface area contributed by atoms with Crippen LogP contribution >= 0.6 is 11.6 Å². The number of carbonyl (C=O) groups is 1. The molecule has 0 aromatic heterocycles. The van der Waals surface area contributed by atoms with Crippen LogP contribution in [0.4, 0.5) is 4.79 Å². The van der Waals surface area contributed by atoms with Crippen LogP contribution in [0.15, 0.2) is 30.3 Å². The van der Waals surface area contributed by atoms with Crippen LogP contribution in [0, 0.1) is 12.0 Å². The highest BCUT2D eigenvalue weighted by molar-refractivity contribution is 6.62. The fourth-order valence-corrected chi connectivity index (χ4v) is 1.90. The third kappa shape index (κ3) is 9.80. The van der Waals surface area contributed by atoms with E-state index in [0.717, 1.165) is 5.56 Å². The van der Waals surface area contributed by atoms with Gasteiger partial charge in [0.15, 0.2) is 0 Å². The van der Waals surface area contributed by atoms with Crippen molar-refractivity contribution < 1.29 is 19.0 Å². The van der Waals surface area contributed by atoms with Crippen molar-refractivity contribution in [3.8, 4) is 12.0 Å². The van der Waals surface area contributed by atoms with Gasteiger partial charge in [0, 0.05) is 20.0 Å². The summed E-state index contributed by atoms with van der Waals surface area (Å²) in [5.74, 6) is 2.63. The average molecular weight is 340 g/mol. The molecule has 0 heterocycles. The van der Waals surface area contributed by atoms with Crippen LogP contribution in [-0.4, -0.2) is 49.8 Å². The van der Waals surface area contributed by atoms with Crippen LogP contribution in [-0.2, 0) is 20.8 Å². The fraction of sp³-hybridized carbons (Fsp3) is 0.471. The number of rotatable bonds is 11. The first kappa shape index (κ1) is 19.3. The molecule has 0 N–H and O–H groups in total. The van der Waals surface area contributed by atoms with Gasteiger partial charge in [0.25, 0.3) is 0 Å². The Labute approximate surface area is 142 Å². The second-order valence-corrected chi connectivity index (χ2v) is 4.91. The second kappa shape index (κ2) is 12.8. The average Bonchev–Trinajstić information content (AvgIpc) is 2.56. The molecule has 0 aliphatic heterocycles. The highest BCUT2D eigenvalue weighted by atomic mass is 35.5. The molecule has 5 nitrogen and oxygen atoms in total. The van der Waals surface area contributed by atoms with E-state index in [1.165, 1.54) is 4.90 Å². The summed E-state index contributed by atoms with van der Waals surface area (Å²) in [5.41, 5.74) is 1.03. The summed E-state index contributed by atoms with van der Waals surface area (Å²) in [7, 11) is 0. The smallest absolute Gasteiger partial charge is 0.316 e. The van der Waals surface area contributed by atoms with Gasteiger partial charge < -0.3 is 19.1 Å². The Morgan fingerprint density at radius 3 is 2.39 bits per heavy atom. The van der Waals surface area contributed by atoms with E-state index in [0.29, 0.717) is 46.1 Å². The number of amides is 1. The lowest BCUT2D eigenvalue weighted by Gasteiger charge is -2.19. The van der Waals surface area contributed by atoms with Crippen molar-refractivity contribution in [1.82, 2.24) is 4.90 Å². The van der Waals surface area contributed by atoms with Gasteiger partial charge in [-0.2, -0.15) is 0 Å². The Hall–Kier alpha value is -1.74. The number of hydrogen-bond donors (Lipinski definition) is 0. The largest absolute Gasteiger partial charge is 0.444 e. The molecule has 0 bridgehead atoms. The Morgan fingerprint density at radius 1 is 1.09 bits per heavy atom. The molecule has 0 atom stereocenters. The molecule has 0 saturated heterocycles. The summed E-state index contributed by atoms with van der Waals surface area (Å²) in [5, 5.41) is -0.483. The standard InChI is InChI=1S/C17H22ClNO4/c1-2-9-21-11-13-23-14-12-22-10-8-19(17(18)20)15-16-6-4-3-5-7-16/h3-7H,8,10-15H2,1H3. The quantitative estimate of drug-likeness (QED) is 0.269. The molecule has 0 saturated carbocycles. The maximum atomic E-state index is 11.4. The minimum atomic E-state index is -0.483. The van der Waals surface area contributed by atoms with Crippen molar-refractivity contribution in [2.75, 3.05) is 39.6 Å². The molecule has 6 heteroatoms. The normalized spacial score (nSPS) is 9.83. The molecule has 0 fully saturated rings. The molecular weight excluding hydrogens is 318 g/mol. The first-order chi connectivity index (χ1) is 11.2. The lowest BCUT2D eigenvalue weighted by molar-refractivity contribution is 0.0288. The third-order valence-corrected chi connectivity index (χ3v) is 3.09. The lowest BCUT2D eigenvalue weighted by Crippen LogP contribution is -2.29. The maximum absolute atomic E-state index is 11.4. The number of nitrogens with zero attached hydrogens (tertiary/aromatic N) is 1. The molecule has 0 spiro atoms. The van der Waals surface area contributed by atoms with Crippen molar-refractivity contribution in [2.45, 2.75) is 13.5 Å². The van der Waals surface area contributed by atoms with E-state index in [1.807, 2.05) is 30.3 Å². The Balaban J connectivity index is 2.09. The first-order valence-corrected chi connectivity index (χ1v) is 7.79. The number of ether oxygens (including phenoxy) is 3. The van der Waals surface area contributed by atoms with Gasteiger partial charge in [-0.25, -0.2) is 0 Å². The number of hydrogen-bond acceptors (Lipinski definition) is 4. The Kier molecular flexibility index (Phi) is 10.7. The van der Waals surface area contributed by atoms with Crippen LogP contribution in [0.1, 0.15) is 12.5 Å². The molecule has 0 aliphatic rings. The van der Waals surface area contributed by atoms with Gasteiger partial charge in [0.05, 0.1) is 26.4 Å². The number of halogens is 1. The first-order valence-electron chi connectivity index (χ1n) is 7.41. The zero-order chi connectivity index (χ0) is 16.8. The van der Waals surface area contributed by atoms with Gasteiger partial charge in [-0.1, -0.05) is 36.3 Å². The molecule has 0 radical (unpaired) electrons. The lowest BCUT2D eigenvalue weighted by atomic mass is 10.2. The SMILES string of the molecule is CC#COCCOCCOCCN(Cc1ccccc1)C(=O)Cl. The van der Waals surface area contributed by atoms with Crippen molar-refractivity contribution in [3.63, 3.8) is 0 Å². The van der Waals surface area contributed by atoms with E-state index >= 15 is 0 Å². The van der Waals surface area contributed by atoms with E-state index in [1.54, 1.807) is 6.92 Å². The van der Waals surface area contributed by atoms with Crippen LogP contribution in [0.25, 0.3) is 0 Å². The van der Waals surface area contributed by atoms with E-state index in [4.69, 9.17) is 25.8 Å². The molecule has 1 aromatic rings. The zero-order valence-electron chi connectivity index (χ0n) is 13.3. The van der Waals surface area contributed by atoms with Gasteiger partial charge in [0.2, 0.25) is 0 Å². The van der Waals surface area contributed by atoms with Crippen molar-refractivity contribution >= 4 is 17.0 Å². The summed E-state index contributed by atoms with van der Waals surface area (Å²) < 4.78 is 15.7.